The second-order valence-corrected chi connectivity index (χ2v) is 2.43. The van der Waals surface area contributed by atoms with Gasteiger partial charge in [-0.3, -0.25) is 5.01 Å². The Labute approximate surface area is 66.9 Å². The Balaban J connectivity index is 2.89. The van der Waals surface area contributed by atoms with Gasteiger partial charge in [0.15, 0.2) is 0 Å². The van der Waals surface area contributed by atoms with Crippen molar-refractivity contribution in [2.24, 2.45) is 5.84 Å². The number of aryl methyl sites for hydroxylation is 1. The summed E-state index contributed by atoms with van der Waals surface area (Å²) >= 11 is 0. The van der Waals surface area contributed by atoms with Crippen molar-refractivity contribution in [1.82, 2.24) is 0 Å². The molecule has 0 aromatic heterocycles. The van der Waals surface area contributed by atoms with E-state index in [0.717, 1.165) is 5.69 Å². The van der Waals surface area contributed by atoms with Gasteiger partial charge in [0.1, 0.15) is 0 Å². The Morgan fingerprint density at radius 2 is 1.91 bits per heavy atom. The standard InChI is InChI=1S/C9H12N2/c1-3-11(10)9-6-4-8(2)5-7-9/h3-7H,1,10H2,2H3. The van der Waals surface area contributed by atoms with Crippen molar-refractivity contribution in [2.45, 2.75) is 6.92 Å². The van der Waals surface area contributed by atoms with Crippen LogP contribution in [0.2, 0.25) is 0 Å². The predicted octanol–water partition coefficient (Wildman–Crippen LogP) is 1.82. The van der Waals surface area contributed by atoms with E-state index in [4.69, 9.17) is 5.84 Å². The fraction of sp³-hybridized carbons (Fsp3) is 0.111. The molecule has 1 aromatic rings. The van der Waals surface area contributed by atoms with Crippen LogP contribution in [0.5, 0.6) is 0 Å². The van der Waals surface area contributed by atoms with E-state index in [-0.39, 0.29) is 0 Å². The first kappa shape index (κ1) is 7.82. The van der Waals surface area contributed by atoms with E-state index >= 15 is 0 Å². The molecule has 58 valence electrons. The fourth-order valence-electron chi connectivity index (χ4n) is 0.822. The number of anilines is 1. The lowest BCUT2D eigenvalue weighted by Gasteiger charge is -2.12. The van der Waals surface area contributed by atoms with Crippen LogP contribution < -0.4 is 10.9 Å². The summed E-state index contributed by atoms with van der Waals surface area (Å²) < 4.78 is 0. The van der Waals surface area contributed by atoms with Gasteiger partial charge in [-0.05, 0) is 19.1 Å². The van der Waals surface area contributed by atoms with Crippen LogP contribution in [0.4, 0.5) is 5.69 Å². The van der Waals surface area contributed by atoms with Crippen LogP contribution in [0, 0.1) is 6.92 Å². The van der Waals surface area contributed by atoms with Crippen LogP contribution in [0.1, 0.15) is 5.56 Å². The SMILES string of the molecule is C=CN(N)c1ccc(C)cc1. The molecule has 2 heteroatoms. The average Bonchev–Trinajstić information content (AvgIpc) is 2.05. The van der Waals surface area contributed by atoms with Crippen molar-refractivity contribution >= 4 is 5.69 Å². The minimum atomic E-state index is 0.950. The smallest absolute Gasteiger partial charge is 0.0568 e. The van der Waals surface area contributed by atoms with Crippen LogP contribution in [-0.2, 0) is 0 Å². The maximum absolute atomic E-state index is 5.56. The molecular formula is C9H12N2. The molecule has 2 N–H and O–H groups in total. The summed E-state index contributed by atoms with van der Waals surface area (Å²) in [5, 5.41) is 1.49. The largest absolute Gasteiger partial charge is 0.288 e. The lowest BCUT2D eigenvalue weighted by atomic mass is 10.2. The fourth-order valence-corrected chi connectivity index (χ4v) is 0.822. The zero-order valence-corrected chi connectivity index (χ0v) is 6.62. The highest BCUT2D eigenvalue weighted by molar-refractivity contribution is 5.47. The summed E-state index contributed by atoms with van der Waals surface area (Å²) in [4.78, 5) is 0. The Morgan fingerprint density at radius 3 is 2.36 bits per heavy atom. The highest BCUT2D eigenvalue weighted by atomic mass is 15.4. The Morgan fingerprint density at radius 1 is 1.36 bits per heavy atom. The van der Waals surface area contributed by atoms with Crippen LogP contribution in [-0.4, -0.2) is 0 Å². The van der Waals surface area contributed by atoms with E-state index in [0.29, 0.717) is 0 Å². The molecule has 0 aliphatic rings. The Kier molecular flexibility index (Phi) is 2.28. The molecule has 0 spiro atoms. The topological polar surface area (TPSA) is 29.3 Å². The number of hydrazine groups is 1. The molecule has 0 radical (unpaired) electrons. The van der Waals surface area contributed by atoms with Crippen LogP contribution >= 0.6 is 0 Å². The molecule has 0 fully saturated rings. The van der Waals surface area contributed by atoms with E-state index < -0.39 is 0 Å². The van der Waals surface area contributed by atoms with Gasteiger partial charge in [-0.15, -0.1) is 0 Å². The minimum absolute atomic E-state index is 0.950. The first-order valence-electron chi connectivity index (χ1n) is 3.47. The van der Waals surface area contributed by atoms with Crippen molar-refractivity contribution in [3.05, 3.63) is 42.6 Å². The van der Waals surface area contributed by atoms with Gasteiger partial charge in [-0.1, -0.05) is 24.3 Å². The third kappa shape index (κ3) is 1.82. The van der Waals surface area contributed by atoms with Gasteiger partial charge in [0.25, 0.3) is 0 Å². The molecule has 0 aliphatic heterocycles. The van der Waals surface area contributed by atoms with E-state index in [1.165, 1.54) is 10.6 Å². The number of hydrogen-bond acceptors (Lipinski definition) is 2. The van der Waals surface area contributed by atoms with Crippen molar-refractivity contribution in [1.29, 1.82) is 0 Å². The van der Waals surface area contributed by atoms with Crippen molar-refractivity contribution in [2.75, 3.05) is 5.01 Å². The summed E-state index contributed by atoms with van der Waals surface area (Å²) in [6.45, 7) is 5.60. The molecule has 0 atom stereocenters. The summed E-state index contributed by atoms with van der Waals surface area (Å²) in [7, 11) is 0. The van der Waals surface area contributed by atoms with E-state index in [2.05, 4.69) is 6.58 Å². The maximum Gasteiger partial charge on any atom is 0.0568 e. The van der Waals surface area contributed by atoms with Gasteiger partial charge < -0.3 is 0 Å². The second kappa shape index (κ2) is 3.21. The van der Waals surface area contributed by atoms with Gasteiger partial charge in [0, 0.05) is 6.20 Å². The lowest BCUT2D eigenvalue weighted by molar-refractivity contribution is 1.08. The lowest BCUT2D eigenvalue weighted by Crippen LogP contribution is -2.23. The Bertz CT molecular complexity index is 238. The number of nitrogens with zero attached hydrogens (tertiary/aromatic N) is 1. The molecule has 1 rings (SSSR count). The van der Waals surface area contributed by atoms with Gasteiger partial charge >= 0.3 is 0 Å². The van der Waals surface area contributed by atoms with E-state index in [9.17, 15) is 0 Å². The third-order valence-corrected chi connectivity index (χ3v) is 1.53. The summed E-state index contributed by atoms with van der Waals surface area (Å²) in [6, 6.07) is 7.94. The first-order valence-corrected chi connectivity index (χ1v) is 3.47. The Hall–Kier alpha value is -1.28. The second-order valence-electron chi connectivity index (χ2n) is 2.43. The molecular weight excluding hydrogens is 136 g/mol. The molecule has 2 nitrogen and oxygen atoms in total. The van der Waals surface area contributed by atoms with Gasteiger partial charge in [0.2, 0.25) is 0 Å². The molecule has 1 aromatic carbocycles. The number of nitrogens with two attached hydrogens (primary N) is 1. The van der Waals surface area contributed by atoms with Crippen LogP contribution in [0.3, 0.4) is 0 Å². The van der Waals surface area contributed by atoms with Crippen LogP contribution in [0.15, 0.2) is 37.0 Å². The molecule has 0 bridgehead atoms. The number of hydrogen-bond donors (Lipinski definition) is 1. The highest BCUT2D eigenvalue weighted by Crippen LogP contribution is 2.11. The van der Waals surface area contributed by atoms with Gasteiger partial charge in [-0.2, -0.15) is 0 Å². The zero-order valence-electron chi connectivity index (χ0n) is 6.62. The monoisotopic (exact) mass is 148 g/mol. The van der Waals surface area contributed by atoms with E-state index in [1.807, 2.05) is 31.2 Å². The van der Waals surface area contributed by atoms with E-state index in [1.54, 1.807) is 6.20 Å². The molecule has 0 saturated carbocycles. The summed E-state index contributed by atoms with van der Waals surface area (Å²) in [5.74, 6) is 5.56. The molecule has 0 amide bonds. The zero-order chi connectivity index (χ0) is 8.27. The summed E-state index contributed by atoms with van der Waals surface area (Å²) in [6.07, 6.45) is 1.57. The minimum Gasteiger partial charge on any atom is -0.288 e. The first-order chi connectivity index (χ1) is 5.24. The molecule has 0 saturated heterocycles. The normalized spacial score (nSPS) is 9.27. The molecule has 11 heavy (non-hydrogen) atoms. The molecule has 0 aliphatic carbocycles. The number of rotatable bonds is 2. The van der Waals surface area contributed by atoms with Crippen molar-refractivity contribution in [3.63, 3.8) is 0 Å². The quantitative estimate of drug-likeness (QED) is 0.512. The third-order valence-electron chi connectivity index (χ3n) is 1.53. The average molecular weight is 148 g/mol. The van der Waals surface area contributed by atoms with Crippen LogP contribution in [0.25, 0.3) is 0 Å². The molecule has 0 heterocycles. The number of benzene rings is 1. The molecule has 0 unspecified atom stereocenters. The predicted molar refractivity (Wildman–Crippen MR) is 48.0 cm³/mol. The van der Waals surface area contributed by atoms with Gasteiger partial charge in [-0.25, -0.2) is 5.84 Å². The summed E-state index contributed by atoms with van der Waals surface area (Å²) in [5.41, 5.74) is 2.18. The van der Waals surface area contributed by atoms with Gasteiger partial charge in [0.05, 0.1) is 5.69 Å². The maximum atomic E-state index is 5.56. The highest BCUT2D eigenvalue weighted by Gasteiger charge is 1.93. The van der Waals surface area contributed by atoms with Crippen molar-refractivity contribution in [3.8, 4) is 0 Å². The van der Waals surface area contributed by atoms with Crippen molar-refractivity contribution < 1.29 is 0 Å².